The highest BCUT2D eigenvalue weighted by Gasteiger charge is 2.11. The van der Waals surface area contributed by atoms with Gasteiger partial charge in [-0.2, -0.15) is 5.10 Å². The van der Waals surface area contributed by atoms with Gasteiger partial charge in [0.1, 0.15) is 0 Å². The zero-order chi connectivity index (χ0) is 19.3. The molecular formula is C19H19Cl2N3O2. The molecule has 0 fully saturated rings. The van der Waals surface area contributed by atoms with Gasteiger partial charge in [0.15, 0.2) is 0 Å². The SMILES string of the molecule is C/C(CC(=O)Nc1cccc(C)c1C)=N\NC(=O)c1ccc(Cl)cc1Cl. The maximum atomic E-state index is 12.2. The molecule has 0 aliphatic carbocycles. The molecule has 0 unspecified atom stereocenters. The molecule has 0 saturated carbocycles. The summed E-state index contributed by atoms with van der Waals surface area (Å²) >= 11 is 11.8. The third-order valence-electron chi connectivity index (χ3n) is 3.82. The van der Waals surface area contributed by atoms with Crippen LogP contribution >= 0.6 is 23.2 Å². The van der Waals surface area contributed by atoms with E-state index in [1.54, 1.807) is 13.0 Å². The molecule has 0 saturated heterocycles. The Morgan fingerprint density at radius 2 is 1.85 bits per heavy atom. The molecule has 2 amide bonds. The van der Waals surface area contributed by atoms with E-state index < -0.39 is 5.91 Å². The summed E-state index contributed by atoms with van der Waals surface area (Å²) in [4.78, 5) is 24.2. The maximum absolute atomic E-state index is 12.2. The number of carbonyl (C=O) groups is 2. The lowest BCUT2D eigenvalue weighted by Gasteiger charge is -2.10. The Morgan fingerprint density at radius 1 is 1.12 bits per heavy atom. The van der Waals surface area contributed by atoms with E-state index in [0.717, 1.165) is 16.8 Å². The Labute approximate surface area is 162 Å². The van der Waals surface area contributed by atoms with Crippen molar-refractivity contribution in [2.45, 2.75) is 27.2 Å². The van der Waals surface area contributed by atoms with Crippen molar-refractivity contribution < 1.29 is 9.59 Å². The third-order valence-corrected chi connectivity index (χ3v) is 4.37. The molecule has 0 spiro atoms. The number of rotatable bonds is 5. The molecule has 0 aliphatic heterocycles. The van der Waals surface area contributed by atoms with Gasteiger partial charge in [-0.05, 0) is 56.2 Å². The summed E-state index contributed by atoms with van der Waals surface area (Å²) in [5, 5.41) is 7.47. The van der Waals surface area contributed by atoms with Gasteiger partial charge in [-0.15, -0.1) is 0 Å². The number of aryl methyl sites for hydroxylation is 1. The van der Waals surface area contributed by atoms with Crippen molar-refractivity contribution in [1.82, 2.24) is 5.43 Å². The van der Waals surface area contributed by atoms with Crippen LogP contribution in [0.2, 0.25) is 10.0 Å². The van der Waals surface area contributed by atoms with Crippen molar-refractivity contribution in [3.05, 3.63) is 63.1 Å². The van der Waals surface area contributed by atoms with E-state index in [1.165, 1.54) is 12.1 Å². The van der Waals surface area contributed by atoms with Crippen molar-refractivity contribution in [2.75, 3.05) is 5.32 Å². The number of carbonyl (C=O) groups excluding carboxylic acids is 2. The zero-order valence-electron chi connectivity index (χ0n) is 14.7. The van der Waals surface area contributed by atoms with Crippen molar-refractivity contribution in [1.29, 1.82) is 0 Å². The number of benzene rings is 2. The quantitative estimate of drug-likeness (QED) is 0.570. The minimum Gasteiger partial charge on any atom is -0.326 e. The number of amides is 2. The molecule has 5 nitrogen and oxygen atoms in total. The number of anilines is 1. The number of hydrogen-bond donors (Lipinski definition) is 2. The van der Waals surface area contributed by atoms with Gasteiger partial charge in [-0.3, -0.25) is 9.59 Å². The van der Waals surface area contributed by atoms with E-state index in [-0.39, 0.29) is 22.9 Å². The second-order valence-electron chi connectivity index (χ2n) is 5.88. The highest BCUT2D eigenvalue weighted by Crippen LogP contribution is 2.21. The average Bonchev–Trinajstić information content (AvgIpc) is 2.57. The predicted molar refractivity (Wildman–Crippen MR) is 106 cm³/mol. The molecule has 2 N–H and O–H groups in total. The van der Waals surface area contributed by atoms with Gasteiger partial charge in [-0.1, -0.05) is 35.3 Å². The molecule has 7 heteroatoms. The standard InChI is InChI=1S/C19H19Cl2N3O2/c1-11-5-4-6-17(13(11)3)22-18(25)9-12(2)23-24-19(26)15-8-7-14(20)10-16(15)21/h4-8,10H,9H2,1-3H3,(H,22,25)(H,24,26)/b23-12+. The van der Waals surface area contributed by atoms with Gasteiger partial charge >= 0.3 is 0 Å². The van der Waals surface area contributed by atoms with Gasteiger partial charge in [-0.25, -0.2) is 5.43 Å². The van der Waals surface area contributed by atoms with E-state index in [0.29, 0.717) is 10.7 Å². The summed E-state index contributed by atoms with van der Waals surface area (Å²) in [6.07, 6.45) is 0.0576. The lowest BCUT2D eigenvalue weighted by atomic mass is 10.1. The first-order valence-electron chi connectivity index (χ1n) is 7.92. The lowest BCUT2D eigenvalue weighted by Crippen LogP contribution is -2.22. The lowest BCUT2D eigenvalue weighted by molar-refractivity contribution is -0.115. The number of nitrogens with zero attached hydrogens (tertiary/aromatic N) is 1. The highest BCUT2D eigenvalue weighted by atomic mass is 35.5. The van der Waals surface area contributed by atoms with E-state index in [1.807, 2.05) is 32.0 Å². The summed E-state index contributed by atoms with van der Waals surface area (Å²) < 4.78 is 0. The minimum absolute atomic E-state index is 0.0576. The van der Waals surface area contributed by atoms with Crippen LogP contribution in [-0.4, -0.2) is 17.5 Å². The molecular weight excluding hydrogens is 373 g/mol. The van der Waals surface area contributed by atoms with E-state index in [9.17, 15) is 9.59 Å². The summed E-state index contributed by atoms with van der Waals surface area (Å²) in [6.45, 7) is 5.59. The van der Waals surface area contributed by atoms with Crippen molar-refractivity contribution in [3.63, 3.8) is 0 Å². The second-order valence-corrected chi connectivity index (χ2v) is 6.73. The predicted octanol–water partition coefficient (Wildman–Crippen LogP) is 4.74. The minimum atomic E-state index is -0.471. The van der Waals surface area contributed by atoms with Crippen LogP contribution in [0.5, 0.6) is 0 Å². The van der Waals surface area contributed by atoms with E-state index >= 15 is 0 Å². The molecule has 136 valence electrons. The molecule has 0 aliphatic rings. The van der Waals surface area contributed by atoms with Crippen LogP contribution in [0, 0.1) is 13.8 Å². The first kappa shape index (κ1) is 19.9. The van der Waals surface area contributed by atoms with E-state index in [4.69, 9.17) is 23.2 Å². The van der Waals surface area contributed by atoms with Crippen LogP contribution < -0.4 is 10.7 Å². The monoisotopic (exact) mass is 391 g/mol. The summed E-state index contributed by atoms with van der Waals surface area (Å²) in [6, 6.07) is 10.3. The number of halogens is 2. The molecule has 0 bridgehead atoms. The van der Waals surface area contributed by atoms with E-state index in [2.05, 4.69) is 15.8 Å². The molecule has 0 atom stereocenters. The highest BCUT2D eigenvalue weighted by molar-refractivity contribution is 6.36. The van der Waals surface area contributed by atoms with Crippen LogP contribution in [0.25, 0.3) is 0 Å². The number of hydrazone groups is 1. The average molecular weight is 392 g/mol. The Balaban J connectivity index is 1.96. The smallest absolute Gasteiger partial charge is 0.272 e. The van der Waals surface area contributed by atoms with Crippen molar-refractivity contribution in [3.8, 4) is 0 Å². The molecule has 26 heavy (non-hydrogen) atoms. The van der Waals surface area contributed by atoms with Crippen LogP contribution in [-0.2, 0) is 4.79 Å². The topological polar surface area (TPSA) is 70.6 Å². The number of nitrogens with one attached hydrogen (secondary N) is 2. The van der Waals surface area contributed by atoms with Gasteiger partial charge in [0.25, 0.3) is 5.91 Å². The number of hydrogen-bond acceptors (Lipinski definition) is 3. The first-order chi connectivity index (χ1) is 12.3. The van der Waals surface area contributed by atoms with Gasteiger partial charge in [0.05, 0.1) is 17.0 Å². The van der Waals surface area contributed by atoms with Gasteiger partial charge < -0.3 is 5.32 Å². The van der Waals surface area contributed by atoms with Gasteiger partial charge in [0.2, 0.25) is 5.91 Å². The molecule has 0 aromatic heterocycles. The van der Waals surface area contributed by atoms with Crippen LogP contribution in [0.15, 0.2) is 41.5 Å². The Morgan fingerprint density at radius 3 is 2.54 bits per heavy atom. The summed E-state index contributed by atoms with van der Waals surface area (Å²) in [5.41, 5.74) is 5.99. The third kappa shape index (κ3) is 5.31. The largest absolute Gasteiger partial charge is 0.326 e. The molecule has 0 heterocycles. The Hall–Kier alpha value is -2.37. The fourth-order valence-corrected chi connectivity index (χ4v) is 2.73. The first-order valence-corrected chi connectivity index (χ1v) is 8.68. The second kappa shape index (κ2) is 8.83. The fourth-order valence-electron chi connectivity index (χ4n) is 2.23. The normalized spacial score (nSPS) is 11.2. The molecule has 0 radical (unpaired) electrons. The van der Waals surface area contributed by atoms with Crippen LogP contribution in [0.4, 0.5) is 5.69 Å². The summed E-state index contributed by atoms with van der Waals surface area (Å²) in [7, 11) is 0. The molecule has 2 aromatic carbocycles. The van der Waals surface area contributed by atoms with Crippen LogP contribution in [0.1, 0.15) is 34.8 Å². The zero-order valence-corrected chi connectivity index (χ0v) is 16.2. The summed E-state index contributed by atoms with van der Waals surface area (Å²) in [5.74, 6) is -0.681. The van der Waals surface area contributed by atoms with Gasteiger partial charge in [0, 0.05) is 16.4 Å². The van der Waals surface area contributed by atoms with Crippen molar-refractivity contribution in [2.24, 2.45) is 5.10 Å². The van der Waals surface area contributed by atoms with Crippen molar-refractivity contribution >= 4 is 46.4 Å². The Bertz CT molecular complexity index is 879. The Kier molecular flexibility index (Phi) is 6.77. The fraction of sp³-hybridized carbons (Fsp3) is 0.211. The molecule has 2 aromatic rings. The van der Waals surface area contributed by atoms with Crippen LogP contribution in [0.3, 0.4) is 0 Å². The maximum Gasteiger partial charge on any atom is 0.272 e. The molecule has 2 rings (SSSR count).